The number of hydrogen-bond acceptors (Lipinski definition) is 1. The second-order valence-electron chi connectivity index (χ2n) is 4.01. The van der Waals surface area contributed by atoms with E-state index in [1.54, 1.807) is 0 Å². The average Bonchev–Trinajstić information content (AvgIpc) is 2.18. The summed E-state index contributed by atoms with van der Waals surface area (Å²) in [6.45, 7) is 2.05. The Hall–Kier alpha value is -0.340. The van der Waals surface area contributed by atoms with Crippen molar-refractivity contribution in [3.63, 3.8) is 0 Å². The van der Waals surface area contributed by atoms with Crippen LogP contribution < -0.4 is 0 Å². The van der Waals surface area contributed by atoms with Gasteiger partial charge in [-0.25, -0.2) is 0 Å². The quantitative estimate of drug-likeness (QED) is 0.815. The lowest BCUT2D eigenvalue weighted by molar-refractivity contribution is 0.0141. The molecule has 0 fully saturated rings. The first-order chi connectivity index (χ1) is 6.67. The van der Waals surface area contributed by atoms with Crippen LogP contribution in [0.25, 0.3) is 0 Å². The van der Waals surface area contributed by atoms with Gasteiger partial charge in [-0.2, -0.15) is 0 Å². The molecule has 0 saturated carbocycles. The van der Waals surface area contributed by atoms with Gasteiger partial charge in [0.25, 0.3) is 0 Å². The number of benzene rings is 1. The maximum Gasteiger partial charge on any atom is 0.0907 e. The fraction of sp³-hybridized carbons (Fsp3) is 0.500. The van der Waals surface area contributed by atoms with Gasteiger partial charge >= 0.3 is 0 Å². The van der Waals surface area contributed by atoms with Gasteiger partial charge in [-0.05, 0) is 37.3 Å². The molecule has 1 atom stereocenters. The van der Waals surface area contributed by atoms with Gasteiger partial charge in [0.15, 0.2) is 0 Å². The van der Waals surface area contributed by atoms with Gasteiger partial charge in [-0.1, -0.05) is 35.0 Å². The van der Waals surface area contributed by atoms with E-state index in [-0.39, 0.29) is 0 Å². The van der Waals surface area contributed by atoms with Crippen LogP contribution in [0.3, 0.4) is 0 Å². The van der Waals surface area contributed by atoms with Crippen molar-refractivity contribution in [1.29, 1.82) is 0 Å². The van der Waals surface area contributed by atoms with Crippen LogP contribution in [0.1, 0.15) is 37.3 Å². The van der Waals surface area contributed by atoms with Crippen LogP contribution in [0.5, 0.6) is 0 Å². The summed E-state index contributed by atoms with van der Waals surface area (Å²) >= 11 is 3.54. The van der Waals surface area contributed by atoms with E-state index in [0.717, 1.165) is 35.7 Å². The average molecular weight is 255 g/mol. The van der Waals surface area contributed by atoms with E-state index in [0.29, 0.717) is 0 Å². The van der Waals surface area contributed by atoms with Crippen LogP contribution in [0.4, 0.5) is 0 Å². The summed E-state index contributed by atoms with van der Waals surface area (Å²) in [5.74, 6) is 0. The molecule has 76 valence electrons. The first kappa shape index (κ1) is 10.2. The van der Waals surface area contributed by atoms with Crippen molar-refractivity contribution < 1.29 is 5.11 Å². The Labute approximate surface area is 93.3 Å². The van der Waals surface area contributed by atoms with Gasteiger partial charge in [0.2, 0.25) is 0 Å². The highest BCUT2D eigenvalue weighted by molar-refractivity contribution is 9.10. The van der Waals surface area contributed by atoms with Gasteiger partial charge in [-0.3, -0.25) is 0 Å². The molecule has 1 nitrogen and oxygen atoms in total. The zero-order valence-corrected chi connectivity index (χ0v) is 9.97. The van der Waals surface area contributed by atoms with Crippen molar-refractivity contribution in [3.05, 3.63) is 33.8 Å². The van der Waals surface area contributed by atoms with Crippen LogP contribution in [0.2, 0.25) is 0 Å². The molecule has 0 aliphatic heterocycles. The maximum atomic E-state index is 10.5. The smallest absolute Gasteiger partial charge is 0.0907 e. The Morgan fingerprint density at radius 1 is 1.50 bits per heavy atom. The van der Waals surface area contributed by atoms with Crippen molar-refractivity contribution in [3.8, 4) is 0 Å². The monoisotopic (exact) mass is 254 g/mol. The fourth-order valence-corrected chi connectivity index (χ4v) is 3.12. The minimum absolute atomic E-state index is 0.603. The summed E-state index contributed by atoms with van der Waals surface area (Å²) in [5.41, 5.74) is 1.82. The summed E-state index contributed by atoms with van der Waals surface area (Å²) in [6, 6.07) is 6.19. The summed E-state index contributed by atoms with van der Waals surface area (Å²) < 4.78 is 1.05. The molecule has 0 saturated heterocycles. The lowest BCUT2D eigenvalue weighted by Crippen LogP contribution is -2.30. The van der Waals surface area contributed by atoms with Gasteiger partial charge < -0.3 is 5.11 Å². The number of halogens is 1. The number of aryl methyl sites for hydroxylation is 1. The molecule has 1 aliphatic rings. The van der Waals surface area contributed by atoms with Crippen LogP contribution in [0.15, 0.2) is 22.7 Å². The third kappa shape index (κ3) is 1.51. The highest BCUT2D eigenvalue weighted by Crippen LogP contribution is 2.41. The summed E-state index contributed by atoms with van der Waals surface area (Å²) in [6.07, 6.45) is 3.87. The Morgan fingerprint density at radius 2 is 2.29 bits per heavy atom. The highest BCUT2D eigenvalue weighted by Gasteiger charge is 2.33. The Balaban J connectivity index is 2.58. The molecule has 0 bridgehead atoms. The summed E-state index contributed by atoms with van der Waals surface area (Å²) in [5, 5.41) is 10.5. The molecule has 1 N–H and O–H groups in total. The third-order valence-electron chi connectivity index (χ3n) is 3.19. The molecule has 0 heterocycles. The predicted molar refractivity (Wildman–Crippen MR) is 61.3 cm³/mol. The number of aliphatic hydroxyl groups is 1. The topological polar surface area (TPSA) is 20.2 Å². The van der Waals surface area contributed by atoms with Crippen LogP contribution in [-0.4, -0.2) is 5.11 Å². The molecule has 1 aromatic carbocycles. The SMILES string of the molecule is CCC1(O)CCCc2cccc(Br)c21. The van der Waals surface area contributed by atoms with Crippen LogP contribution >= 0.6 is 15.9 Å². The molecule has 0 radical (unpaired) electrons. The molecule has 0 amide bonds. The molecule has 1 unspecified atom stereocenters. The van der Waals surface area contributed by atoms with Gasteiger partial charge in [0.05, 0.1) is 5.60 Å². The van der Waals surface area contributed by atoms with Gasteiger partial charge in [0, 0.05) is 10.0 Å². The second kappa shape index (κ2) is 3.67. The fourth-order valence-electron chi connectivity index (χ4n) is 2.35. The van der Waals surface area contributed by atoms with E-state index in [4.69, 9.17) is 0 Å². The largest absolute Gasteiger partial charge is 0.385 e. The molecule has 2 heteroatoms. The normalized spacial score (nSPS) is 25.9. The molecular formula is C12H15BrO. The number of hydrogen-bond donors (Lipinski definition) is 1. The standard InChI is InChI=1S/C12H15BrO/c1-2-12(14)8-4-6-9-5-3-7-10(13)11(9)12/h3,5,7,14H,2,4,6,8H2,1H3. The second-order valence-corrected chi connectivity index (χ2v) is 4.87. The maximum absolute atomic E-state index is 10.5. The summed E-state index contributed by atoms with van der Waals surface area (Å²) in [7, 11) is 0. The highest BCUT2D eigenvalue weighted by atomic mass is 79.9. The molecule has 14 heavy (non-hydrogen) atoms. The molecule has 0 aromatic heterocycles. The summed E-state index contributed by atoms with van der Waals surface area (Å²) in [4.78, 5) is 0. The lowest BCUT2D eigenvalue weighted by Gasteiger charge is -2.34. The molecular weight excluding hydrogens is 240 g/mol. The van der Waals surface area contributed by atoms with Crippen LogP contribution in [-0.2, 0) is 12.0 Å². The minimum atomic E-state index is -0.603. The lowest BCUT2D eigenvalue weighted by atomic mass is 9.78. The van der Waals surface area contributed by atoms with Crippen molar-refractivity contribution in [2.75, 3.05) is 0 Å². The van der Waals surface area contributed by atoms with E-state index < -0.39 is 5.60 Å². The Morgan fingerprint density at radius 3 is 3.00 bits per heavy atom. The van der Waals surface area contributed by atoms with Crippen molar-refractivity contribution in [2.24, 2.45) is 0 Å². The van der Waals surface area contributed by atoms with E-state index in [1.165, 1.54) is 5.56 Å². The van der Waals surface area contributed by atoms with E-state index >= 15 is 0 Å². The predicted octanol–water partition coefficient (Wildman–Crippen LogP) is 3.38. The van der Waals surface area contributed by atoms with Crippen molar-refractivity contribution in [2.45, 2.75) is 38.2 Å². The zero-order valence-electron chi connectivity index (χ0n) is 8.39. The van der Waals surface area contributed by atoms with E-state index in [1.807, 2.05) is 12.1 Å². The number of fused-ring (bicyclic) bond motifs is 1. The molecule has 1 aliphatic carbocycles. The molecule has 2 rings (SSSR count). The van der Waals surface area contributed by atoms with Crippen LogP contribution in [0, 0.1) is 0 Å². The third-order valence-corrected chi connectivity index (χ3v) is 3.85. The van der Waals surface area contributed by atoms with E-state index in [2.05, 4.69) is 28.9 Å². The van der Waals surface area contributed by atoms with Gasteiger partial charge in [-0.15, -0.1) is 0 Å². The van der Waals surface area contributed by atoms with Crippen molar-refractivity contribution in [1.82, 2.24) is 0 Å². The Bertz CT molecular complexity index is 348. The van der Waals surface area contributed by atoms with Crippen molar-refractivity contribution >= 4 is 15.9 Å². The number of rotatable bonds is 1. The molecule has 0 spiro atoms. The van der Waals surface area contributed by atoms with E-state index in [9.17, 15) is 5.11 Å². The molecule has 1 aromatic rings. The minimum Gasteiger partial charge on any atom is -0.385 e. The Kier molecular flexibility index (Phi) is 2.67. The zero-order chi connectivity index (χ0) is 10.2. The first-order valence-electron chi connectivity index (χ1n) is 5.17. The first-order valence-corrected chi connectivity index (χ1v) is 5.97. The van der Waals surface area contributed by atoms with Gasteiger partial charge in [0.1, 0.15) is 0 Å².